The topological polar surface area (TPSA) is 50.8 Å². The molecule has 0 fully saturated rings. The third-order valence-electron chi connectivity index (χ3n) is 3.97. The van der Waals surface area contributed by atoms with E-state index in [0.717, 1.165) is 24.5 Å². The van der Waals surface area contributed by atoms with Gasteiger partial charge in [0.25, 0.3) is 0 Å². The van der Waals surface area contributed by atoms with Crippen molar-refractivity contribution in [3.05, 3.63) is 24.3 Å². The van der Waals surface area contributed by atoms with Crippen molar-refractivity contribution in [2.75, 3.05) is 26.2 Å². The Hall–Kier alpha value is -1.91. The van der Waals surface area contributed by atoms with Gasteiger partial charge in [-0.05, 0) is 25.5 Å². The van der Waals surface area contributed by atoms with Crippen LogP contribution in [0.5, 0.6) is 11.5 Å². The van der Waals surface area contributed by atoms with Gasteiger partial charge in [0.05, 0.1) is 6.54 Å². The first kappa shape index (κ1) is 17.4. The Morgan fingerprint density at radius 3 is 2.74 bits per heavy atom. The van der Waals surface area contributed by atoms with E-state index in [1.165, 1.54) is 19.3 Å². The van der Waals surface area contributed by atoms with Gasteiger partial charge in [0.1, 0.15) is 6.61 Å². The van der Waals surface area contributed by atoms with Gasteiger partial charge in [-0.2, -0.15) is 0 Å². The van der Waals surface area contributed by atoms with Crippen LogP contribution in [-0.4, -0.2) is 43.3 Å². The van der Waals surface area contributed by atoms with Gasteiger partial charge in [-0.3, -0.25) is 0 Å². The molecule has 0 radical (unpaired) electrons. The number of rotatable bonds is 8. The number of unbranched alkanes of at least 4 members (excludes halogenated alkanes) is 3. The molecule has 1 heterocycles. The fourth-order valence-corrected chi connectivity index (χ4v) is 2.61. The summed E-state index contributed by atoms with van der Waals surface area (Å²) in [4.78, 5) is 14.0. The monoisotopic (exact) mass is 320 g/mol. The summed E-state index contributed by atoms with van der Waals surface area (Å²) >= 11 is 0. The Bertz CT molecular complexity index is 493. The van der Waals surface area contributed by atoms with Crippen LogP contribution in [0.4, 0.5) is 4.79 Å². The van der Waals surface area contributed by atoms with Crippen molar-refractivity contribution in [2.45, 2.75) is 45.6 Å². The average Bonchev–Trinajstić information content (AvgIpc) is 2.59. The lowest BCUT2D eigenvalue weighted by Crippen LogP contribution is -2.47. The summed E-state index contributed by atoms with van der Waals surface area (Å²) in [6.07, 6.45) is 4.50. The van der Waals surface area contributed by atoms with Gasteiger partial charge in [-0.25, -0.2) is 4.79 Å². The highest BCUT2D eigenvalue weighted by Gasteiger charge is 2.24. The number of urea groups is 1. The Morgan fingerprint density at radius 1 is 1.22 bits per heavy atom. The van der Waals surface area contributed by atoms with Crippen LogP contribution in [0.25, 0.3) is 0 Å². The minimum Gasteiger partial charge on any atom is -0.486 e. The summed E-state index contributed by atoms with van der Waals surface area (Å²) in [5.74, 6) is 1.52. The molecule has 5 heteroatoms. The summed E-state index contributed by atoms with van der Waals surface area (Å²) < 4.78 is 11.6. The molecule has 2 amide bonds. The third kappa shape index (κ3) is 5.34. The number of nitrogens with zero attached hydrogens (tertiary/aromatic N) is 1. The van der Waals surface area contributed by atoms with E-state index in [1.54, 1.807) is 4.90 Å². The van der Waals surface area contributed by atoms with E-state index in [-0.39, 0.29) is 12.1 Å². The number of hydrogen-bond acceptors (Lipinski definition) is 3. The zero-order chi connectivity index (χ0) is 16.5. The second-order valence-electron chi connectivity index (χ2n) is 5.83. The smallest absolute Gasteiger partial charge is 0.317 e. The SMILES string of the molecule is CCCCCCNC(=O)N(CC)CC1COc2ccccc2O1. The molecule has 0 bridgehead atoms. The van der Waals surface area contributed by atoms with Crippen molar-refractivity contribution in [3.8, 4) is 11.5 Å². The van der Waals surface area contributed by atoms with Crippen molar-refractivity contribution >= 4 is 6.03 Å². The first-order chi connectivity index (χ1) is 11.2. The molecule has 0 saturated carbocycles. The molecule has 0 aliphatic carbocycles. The first-order valence-corrected chi connectivity index (χ1v) is 8.65. The minimum absolute atomic E-state index is 0.0218. The summed E-state index contributed by atoms with van der Waals surface area (Å²) in [5, 5.41) is 2.99. The third-order valence-corrected chi connectivity index (χ3v) is 3.97. The van der Waals surface area contributed by atoms with Gasteiger partial charge in [0.2, 0.25) is 0 Å². The van der Waals surface area contributed by atoms with E-state index in [2.05, 4.69) is 12.2 Å². The van der Waals surface area contributed by atoms with Gasteiger partial charge in [-0.1, -0.05) is 38.3 Å². The number of carbonyl (C=O) groups excluding carboxylic acids is 1. The van der Waals surface area contributed by atoms with E-state index >= 15 is 0 Å². The van der Waals surface area contributed by atoms with E-state index < -0.39 is 0 Å². The van der Waals surface area contributed by atoms with E-state index in [0.29, 0.717) is 19.7 Å². The summed E-state index contributed by atoms with van der Waals surface area (Å²) in [6, 6.07) is 7.61. The predicted molar refractivity (Wildman–Crippen MR) is 91.1 cm³/mol. The van der Waals surface area contributed by atoms with E-state index in [9.17, 15) is 4.79 Å². The maximum absolute atomic E-state index is 12.2. The molecular weight excluding hydrogens is 292 g/mol. The van der Waals surface area contributed by atoms with E-state index in [4.69, 9.17) is 9.47 Å². The lowest BCUT2D eigenvalue weighted by molar-refractivity contribution is 0.0675. The van der Waals surface area contributed by atoms with Crippen molar-refractivity contribution in [1.82, 2.24) is 10.2 Å². The van der Waals surface area contributed by atoms with Gasteiger partial charge < -0.3 is 19.7 Å². The van der Waals surface area contributed by atoms with Crippen LogP contribution in [0.15, 0.2) is 24.3 Å². The van der Waals surface area contributed by atoms with Crippen LogP contribution in [-0.2, 0) is 0 Å². The second-order valence-corrected chi connectivity index (χ2v) is 5.83. The molecular formula is C18H28N2O3. The minimum atomic E-state index is -0.129. The van der Waals surface area contributed by atoms with Crippen LogP contribution < -0.4 is 14.8 Å². The van der Waals surface area contributed by atoms with Crippen molar-refractivity contribution in [1.29, 1.82) is 0 Å². The summed E-state index contributed by atoms with van der Waals surface area (Å²) in [6.45, 7) is 6.56. The molecule has 0 saturated heterocycles. The number of likely N-dealkylation sites (N-methyl/N-ethyl adjacent to an activating group) is 1. The van der Waals surface area contributed by atoms with Crippen LogP contribution in [0, 0.1) is 0 Å². The predicted octanol–water partition coefficient (Wildman–Crippen LogP) is 3.44. The van der Waals surface area contributed by atoms with Gasteiger partial charge >= 0.3 is 6.03 Å². The number of ether oxygens (including phenoxy) is 2. The molecule has 1 unspecified atom stereocenters. The molecule has 1 atom stereocenters. The van der Waals surface area contributed by atoms with Crippen LogP contribution in [0.3, 0.4) is 0 Å². The van der Waals surface area contributed by atoms with Crippen molar-refractivity contribution in [2.24, 2.45) is 0 Å². The lowest BCUT2D eigenvalue weighted by Gasteiger charge is -2.31. The number of fused-ring (bicyclic) bond motifs is 1. The van der Waals surface area contributed by atoms with Crippen LogP contribution >= 0.6 is 0 Å². The molecule has 23 heavy (non-hydrogen) atoms. The fraction of sp³-hybridized carbons (Fsp3) is 0.611. The maximum Gasteiger partial charge on any atom is 0.317 e. The fourth-order valence-electron chi connectivity index (χ4n) is 2.61. The van der Waals surface area contributed by atoms with Gasteiger partial charge in [0, 0.05) is 13.1 Å². The zero-order valence-electron chi connectivity index (χ0n) is 14.2. The van der Waals surface area contributed by atoms with E-state index in [1.807, 2.05) is 31.2 Å². The molecule has 0 spiro atoms. The van der Waals surface area contributed by atoms with Gasteiger partial charge in [-0.15, -0.1) is 0 Å². The summed E-state index contributed by atoms with van der Waals surface area (Å²) in [5.41, 5.74) is 0. The Balaban J connectivity index is 1.77. The second kappa shape index (κ2) is 9.28. The molecule has 1 N–H and O–H groups in total. The number of para-hydroxylation sites is 2. The van der Waals surface area contributed by atoms with Crippen LogP contribution in [0.2, 0.25) is 0 Å². The Kier molecular flexibility index (Phi) is 7.04. The molecule has 1 aliphatic heterocycles. The normalized spacial score (nSPS) is 16.0. The number of carbonyl (C=O) groups is 1. The first-order valence-electron chi connectivity index (χ1n) is 8.65. The average molecular weight is 320 g/mol. The largest absolute Gasteiger partial charge is 0.486 e. The number of benzene rings is 1. The highest BCUT2D eigenvalue weighted by Crippen LogP contribution is 2.30. The molecule has 1 aliphatic rings. The maximum atomic E-state index is 12.2. The molecule has 1 aromatic rings. The molecule has 128 valence electrons. The van der Waals surface area contributed by atoms with Gasteiger partial charge in [0.15, 0.2) is 17.6 Å². The highest BCUT2D eigenvalue weighted by atomic mass is 16.6. The lowest BCUT2D eigenvalue weighted by atomic mass is 10.2. The Morgan fingerprint density at radius 2 is 2.00 bits per heavy atom. The standard InChI is InChI=1S/C18H28N2O3/c1-3-5-6-9-12-19-18(21)20(4-2)13-15-14-22-16-10-7-8-11-17(16)23-15/h7-8,10-11,15H,3-6,9,12-14H2,1-2H3,(H,19,21). The number of hydrogen-bond donors (Lipinski definition) is 1. The quantitative estimate of drug-likeness (QED) is 0.747. The highest BCUT2D eigenvalue weighted by molar-refractivity contribution is 5.74. The number of amides is 2. The summed E-state index contributed by atoms with van der Waals surface area (Å²) in [7, 11) is 0. The molecule has 5 nitrogen and oxygen atoms in total. The number of nitrogens with one attached hydrogen (secondary N) is 1. The molecule has 1 aromatic carbocycles. The van der Waals surface area contributed by atoms with Crippen LogP contribution in [0.1, 0.15) is 39.5 Å². The molecule has 0 aromatic heterocycles. The van der Waals surface area contributed by atoms with Crippen molar-refractivity contribution < 1.29 is 14.3 Å². The Labute approximate surface area is 139 Å². The molecule has 2 rings (SSSR count). The van der Waals surface area contributed by atoms with Crippen molar-refractivity contribution in [3.63, 3.8) is 0 Å². The zero-order valence-corrected chi connectivity index (χ0v) is 14.2.